The lowest BCUT2D eigenvalue weighted by atomic mass is 9.95. The van der Waals surface area contributed by atoms with Gasteiger partial charge in [-0.1, -0.05) is 19.9 Å². The number of halogens is 1. The SMILES string of the molecule is Cc1ccc(F)c(NCC(CNC(=O)OC(C)(C)C)C(C)C)c1. The van der Waals surface area contributed by atoms with Crippen molar-refractivity contribution in [2.45, 2.75) is 47.1 Å². The third kappa shape index (κ3) is 7.35. The zero-order chi connectivity index (χ0) is 17.6. The minimum atomic E-state index is -0.514. The number of hydrogen-bond acceptors (Lipinski definition) is 3. The highest BCUT2D eigenvalue weighted by molar-refractivity contribution is 5.67. The molecule has 0 spiro atoms. The molecule has 1 rings (SSSR count). The standard InChI is InChI=1S/C18H29FN2O2/c1-12(2)14(11-21-17(22)23-18(4,5)6)10-20-16-9-13(3)7-8-15(16)19/h7-9,12,14,20H,10-11H2,1-6H3,(H,21,22). The molecule has 0 aliphatic heterocycles. The van der Waals surface area contributed by atoms with Gasteiger partial charge in [0.25, 0.3) is 0 Å². The van der Waals surface area contributed by atoms with Crippen LogP contribution in [0.3, 0.4) is 0 Å². The molecule has 0 saturated heterocycles. The summed E-state index contributed by atoms with van der Waals surface area (Å²) < 4.78 is 19.0. The molecule has 1 aromatic rings. The molecule has 2 N–H and O–H groups in total. The molecule has 0 aromatic heterocycles. The summed E-state index contributed by atoms with van der Waals surface area (Å²) in [5, 5.41) is 5.93. The summed E-state index contributed by atoms with van der Waals surface area (Å²) >= 11 is 0. The Kier molecular flexibility index (Phi) is 6.85. The fourth-order valence-electron chi connectivity index (χ4n) is 2.09. The van der Waals surface area contributed by atoms with Crippen LogP contribution < -0.4 is 10.6 Å². The van der Waals surface area contributed by atoms with Gasteiger partial charge in [-0.25, -0.2) is 9.18 Å². The average Bonchev–Trinajstić information content (AvgIpc) is 2.40. The molecular formula is C18H29FN2O2. The van der Waals surface area contributed by atoms with Crippen molar-refractivity contribution in [3.63, 3.8) is 0 Å². The highest BCUT2D eigenvalue weighted by atomic mass is 19.1. The van der Waals surface area contributed by atoms with E-state index in [-0.39, 0.29) is 11.7 Å². The Balaban J connectivity index is 2.56. The van der Waals surface area contributed by atoms with Gasteiger partial charge >= 0.3 is 6.09 Å². The molecule has 5 heteroatoms. The van der Waals surface area contributed by atoms with Gasteiger partial charge in [0.05, 0.1) is 5.69 Å². The number of anilines is 1. The van der Waals surface area contributed by atoms with E-state index in [2.05, 4.69) is 24.5 Å². The second-order valence-electron chi connectivity index (χ2n) is 7.25. The molecule has 0 aliphatic carbocycles. The first-order valence-corrected chi connectivity index (χ1v) is 8.05. The molecule has 1 aromatic carbocycles. The Labute approximate surface area is 138 Å². The fourth-order valence-corrected chi connectivity index (χ4v) is 2.09. The van der Waals surface area contributed by atoms with E-state index >= 15 is 0 Å². The second-order valence-corrected chi connectivity index (χ2v) is 7.25. The third-order valence-electron chi connectivity index (χ3n) is 3.53. The zero-order valence-electron chi connectivity index (χ0n) is 15.0. The number of aryl methyl sites for hydroxylation is 1. The molecule has 0 saturated carbocycles. The smallest absolute Gasteiger partial charge is 0.407 e. The van der Waals surface area contributed by atoms with Crippen LogP contribution in [0, 0.1) is 24.6 Å². The molecule has 0 radical (unpaired) electrons. The predicted octanol–water partition coefficient (Wildman–Crippen LogP) is 4.34. The van der Waals surface area contributed by atoms with Crippen LogP contribution in [0.1, 0.15) is 40.2 Å². The number of ether oxygens (including phenoxy) is 1. The van der Waals surface area contributed by atoms with Gasteiger partial charge < -0.3 is 15.4 Å². The number of nitrogens with one attached hydrogen (secondary N) is 2. The molecule has 130 valence electrons. The summed E-state index contributed by atoms with van der Waals surface area (Å²) in [6.07, 6.45) is -0.426. The monoisotopic (exact) mass is 324 g/mol. The number of carbonyl (C=O) groups is 1. The zero-order valence-corrected chi connectivity index (χ0v) is 15.0. The first-order valence-electron chi connectivity index (χ1n) is 8.05. The van der Waals surface area contributed by atoms with Crippen LogP contribution in [-0.4, -0.2) is 24.8 Å². The Bertz CT molecular complexity index is 524. The minimum Gasteiger partial charge on any atom is -0.444 e. The van der Waals surface area contributed by atoms with Gasteiger partial charge in [0.1, 0.15) is 11.4 Å². The van der Waals surface area contributed by atoms with Gasteiger partial charge in [0.15, 0.2) is 0 Å². The topological polar surface area (TPSA) is 50.4 Å². The maximum absolute atomic E-state index is 13.8. The lowest BCUT2D eigenvalue weighted by Crippen LogP contribution is -2.38. The average molecular weight is 324 g/mol. The van der Waals surface area contributed by atoms with Crippen LogP contribution in [0.4, 0.5) is 14.9 Å². The molecule has 0 heterocycles. The van der Waals surface area contributed by atoms with Crippen molar-refractivity contribution in [3.05, 3.63) is 29.6 Å². The highest BCUT2D eigenvalue weighted by Crippen LogP contribution is 2.18. The Hall–Kier alpha value is -1.78. The van der Waals surface area contributed by atoms with Crippen LogP contribution >= 0.6 is 0 Å². The van der Waals surface area contributed by atoms with Gasteiger partial charge in [0.2, 0.25) is 0 Å². The van der Waals surface area contributed by atoms with Crippen LogP contribution in [0.5, 0.6) is 0 Å². The van der Waals surface area contributed by atoms with Crippen LogP contribution in [-0.2, 0) is 4.74 Å². The van der Waals surface area contributed by atoms with Gasteiger partial charge in [0, 0.05) is 13.1 Å². The van der Waals surface area contributed by atoms with E-state index in [1.54, 1.807) is 12.1 Å². The van der Waals surface area contributed by atoms with E-state index < -0.39 is 11.7 Å². The lowest BCUT2D eigenvalue weighted by Gasteiger charge is -2.24. The first kappa shape index (κ1) is 19.3. The van der Waals surface area contributed by atoms with Crippen LogP contribution in [0.25, 0.3) is 0 Å². The molecule has 0 fully saturated rings. The van der Waals surface area contributed by atoms with E-state index in [1.165, 1.54) is 6.07 Å². The largest absolute Gasteiger partial charge is 0.444 e. The Morgan fingerprint density at radius 3 is 2.48 bits per heavy atom. The van der Waals surface area contributed by atoms with E-state index in [1.807, 2.05) is 27.7 Å². The molecule has 23 heavy (non-hydrogen) atoms. The van der Waals surface area contributed by atoms with Crippen molar-refractivity contribution in [3.8, 4) is 0 Å². The maximum atomic E-state index is 13.8. The number of benzene rings is 1. The summed E-state index contributed by atoms with van der Waals surface area (Å²) in [5.74, 6) is 0.242. The number of carbonyl (C=O) groups excluding carboxylic acids is 1. The minimum absolute atomic E-state index is 0.169. The van der Waals surface area contributed by atoms with E-state index in [4.69, 9.17) is 4.74 Å². The van der Waals surface area contributed by atoms with Crippen molar-refractivity contribution >= 4 is 11.8 Å². The second kappa shape index (κ2) is 8.18. The van der Waals surface area contributed by atoms with Crippen molar-refractivity contribution in [2.24, 2.45) is 11.8 Å². The predicted molar refractivity (Wildman–Crippen MR) is 92.2 cm³/mol. The van der Waals surface area contributed by atoms with Crippen LogP contribution in [0.15, 0.2) is 18.2 Å². The van der Waals surface area contributed by atoms with E-state index in [0.29, 0.717) is 24.7 Å². The van der Waals surface area contributed by atoms with Crippen molar-refractivity contribution in [1.29, 1.82) is 0 Å². The summed E-state index contributed by atoms with van der Waals surface area (Å²) in [5.41, 5.74) is 0.982. The number of hydrogen-bond donors (Lipinski definition) is 2. The maximum Gasteiger partial charge on any atom is 0.407 e. The van der Waals surface area contributed by atoms with Crippen molar-refractivity contribution < 1.29 is 13.9 Å². The summed E-state index contributed by atoms with van der Waals surface area (Å²) in [6.45, 7) is 12.6. The molecular weight excluding hydrogens is 295 g/mol. The van der Waals surface area contributed by atoms with Crippen molar-refractivity contribution in [1.82, 2.24) is 5.32 Å². The summed E-state index contributed by atoms with van der Waals surface area (Å²) in [4.78, 5) is 11.7. The van der Waals surface area contributed by atoms with Crippen LogP contribution in [0.2, 0.25) is 0 Å². The summed E-state index contributed by atoms with van der Waals surface area (Å²) in [6, 6.07) is 4.99. The molecule has 0 aliphatic rings. The Morgan fingerprint density at radius 1 is 1.26 bits per heavy atom. The van der Waals surface area contributed by atoms with Gasteiger partial charge in [-0.2, -0.15) is 0 Å². The number of rotatable bonds is 6. The van der Waals surface area contributed by atoms with Crippen molar-refractivity contribution in [2.75, 3.05) is 18.4 Å². The third-order valence-corrected chi connectivity index (χ3v) is 3.53. The van der Waals surface area contributed by atoms with Gasteiger partial charge in [-0.05, 0) is 57.2 Å². The van der Waals surface area contributed by atoms with E-state index in [9.17, 15) is 9.18 Å². The molecule has 1 atom stereocenters. The number of alkyl carbamates (subject to hydrolysis) is 1. The molecule has 1 amide bonds. The van der Waals surface area contributed by atoms with E-state index in [0.717, 1.165) is 5.56 Å². The molecule has 0 bridgehead atoms. The normalized spacial score (nSPS) is 12.9. The number of amides is 1. The quantitative estimate of drug-likeness (QED) is 0.818. The summed E-state index contributed by atoms with van der Waals surface area (Å²) in [7, 11) is 0. The first-order chi connectivity index (χ1) is 10.6. The molecule has 1 unspecified atom stereocenters. The lowest BCUT2D eigenvalue weighted by molar-refractivity contribution is 0.0516. The van der Waals surface area contributed by atoms with Gasteiger partial charge in [-0.15, -0.1) is 0 Å². The Morgan fingerprint density at radius 2 is 1.91 bits per heavy atom. The molecule has 4 nitrogen and oxygen atoms in total. The fraction of sp³-hybridized carbons (Fsp3) is 0.611. The van der Waals surface area contributed by atoms with Gasteiger partial charge in [-0.3, -0.25) is 0 Å². The highest BCUT2D eigenvalue weighted by Gasteiger charge is 2.19.